The van der Waals surface area contributed by atoms with Crippen molar-refractivity contribution in [2.45, 2.75) is 87.6 Å². The Bertz CT molecular complexity index is 444. The Balaban J connectivity index is 2.85. The molecule has 0 atom stereocenters. The minimum atomic E-state index is -1.32. The third-order valence-corrected chi connectivity index (χ3v) is 22.6. The SMILES string of the molecule is CC(C)(C)[Si](C)(C)Sc1ccc(S[Si](C)(C)C(C)(C)C)cc1. The third kappa shape index (κ3) is 5.18. The maximum Gasteiger partial charge on any atom is 0.122 e. The molecule has 0 aliphatic rings. The zero-order valence-corrected chi connectivity index (χ0v) is 19.8. The summed E-state index contributed by atoms with van der Waals surface area (Å²) in [6, 6.07) is 9.34. The number of benzene rings is 1. The predicted molar refractivity (Wildman–Crippen MR) is 113 cm³/mol. The highest BCUT2D eigenvalue weighted by molar-refractivity contribution is 8.29. The fourth-order valence-electron chi connectivity index (χ4n) is 1.47. The summed E-state index contributed by atoms with van der Waals surface area (Å²) in [6.07, 6.45) is 0. The summed E-state index contributed by atoms with van der Waals surface area (Å²) in [4.78, 5) is 2.87. The lowest BCUT2D eigenvalue weighted by molar-refractivity contribution is 0.736. The van der Waals surface area contributed by atoms with Crippen LogP contribution in [0.3, 0.4) is 0 Å². The van der Waals surface area contributed by atoms with E-state index in [-0.39, 0.29) is 0 Å². The van der Waals surface area contributed by atoms with E-state index >= 15 is 0 Å². The van der Waals surface area contributed by atoms with Crippen molar-refractivity contribution in [3.05, 3.63) is 24.3 Å². The molecule has 0 aliphatic heterocycles. The van der Waals surface area contributed by atoms with Crippen LogP contribution < -0.4 is 0 Å². The van der Waals surface area contributed by atoms with Crippen LogP contribution in [0.2, 0.25) is 36.3 Å². The summed E-state index contributed by atoms with van der Waals surface area (Å²) >= 11 is 4.25. The van der Waals surface area contributed by atoms with Gasteiger partial charge in [0.15, 0.2) is 0 Å². The number of hydrogen-bond donors (Lipinski definition) is 0. The molecule has 0 spiro atoms. The Hall–Kier alpha value is 0.354. The van der Waals surface area contributed by atoms with Crippen molar-refractivity contribution in [3.63, 3.8) is 0 Å². The number of rotatable bonds is 4. The molecule has 0 amide bonds. The maximum atomic E-state index is 2.48. The molecule has 4 heteroatoms. The predicted octanol–water partition coefficient (Wildman–Crippen LogP) is 7.88. The zero-order valence-electron chi connectivity index (χ0n) is 16.1. The van der Waals surface area contributed by atoms with Crippen molar-refractivity contribution in [1.82, 2.24) is 0 Å². The van der Waals surface area contributed by atoms with Crippen LogP contribution in [0.25, 0.3) is 0 Å². The van der Waals surface area contributed by atoms with Gasteiger partial charge >= 0.3 is 0 Å². The van der Waals surface area contributed by atoms with Crippen LogP contribution in [0.5, 0.6) is 0 Å². The summed E-state index contributed by atoms with van der Waals surface area (Å²) in [5.74, 6) is 0. The first-order chi connectivity index (χ1) is 9.66. The molecule has 0 bridgehead atoms. The molecular formula is C18H34S2Si2. The Kier molecular flexibility index (Phi) is 6.21. The average molecular weight is 371 g/mol. The maximum absolute atomic E-state index is 2.48. The molecule has 0 fully saturated rings. The van der Waals surface area contributed by atoms with E-state index in [1.165, 1.54) is 9.79 Å². The van der Waals surface area contributed by atoms with Gasteiger partial charge in [-0.3, -0.25) is 0 Å². The van der Waals surface area contributed by atoms with E-state index in [1.54, 1.807) is 0 Å². The van der Waals surface area contributed by atoms with Gasteiger partial charge in [0.1, 0.15) is 14.4 Å². The third-order valence-electron chi connectivity index (χ3n) is 5.18. The van der Waals surface area contributed by atoms with E-state index in [0.29, 0.717) is 10.1 Å². The van der Waals surface area contributed by atoms with Gasteiger partial charge < -0.3 is 0 Å². The Labute approximate surface area is 148 Å². The van der Waals surface area contributed by atoms with Gasteiger partial charge in [0.25, 0.3) is 0 Å². The van der Waals surface area contributed by atoms with E-state index in [2.05, 4.69) is 114 Å². The zero-order chi connectivity index (χ0) is 17.4. The summed E-state index contributed by atoms with van der Waals surface area (Å²) in [6.45, 7) is 24.2. The fraction of sp³-hybridized carbons (Fsp3) is 0.667. The highest BCUT2D eigenvalue weighted by atomic mass is 32.4. The van der Waals surface area contributed by atoms with Crippen molar-refractivity contribution < 1.29 is 0 Å². The summed E-state index contributed by atoms with van der Waals surface area (Å²) in [5, 5.41) is 0.846. The van der Waals surface area contributed by atoms with Crippen LogP contribution >= 0.6 is 22.4 Å². The van der Waals surface area contributed by atoms with Gasteiger partial charge in [-0.15, -0.1) is 0 Å². The first kappa shape index (κ1) is 20.4. The first-order valence-electron chi connectivity index (χ1n) is 8.14. The second-order valence-corrected chi connectivity index (χ2v) is 26.9. The van der Waals surface area contributed by atoms with Crippen LogP contribution in [0, 0.1) is 0 Å². The molecule has 0 saturated carbocycles. The Morgan fingerprint density at radius 3 is 1.00 bits per heavy atom. The van der Waals surface area contributed by atoms with E-state index in [1.807, 2.05) is 0 Å². The van der Waals surface area contributed by atoms with E-state index in [9.17, 15) is 0 Å². The summed E-state index contributed by atoms with van der Waals surface area (Å²) < 4.78 is 0. The Morgan fingerprint density at radius 1 is 0.591 bits per heavy atom. The average Bonchev–Trinajstić information content (AvgIpc) is 2.28. The molecule has 0 radical (unpaired) electrons. The van der Waals surface area contributed by atoms with Gasteiger partial charge in [-0.1, -0.05) is 67.7 Å². The summed E-state index contributed by atoms with van der Waals surface area (Å²) in [7, 11) is -2.64. The van der Waals surface area contributed by atoms with Gasteiger partial charge in [0.2, 0.25) is 0 Å². The lowest BCUT2D eigenvalue weighted by atomic mass is 10.2. The molecule has 0 heterocycles. The van der Waals surface area contributed by atoms with E-state index in [0.717, 1.165) is 0 Å². The quantitative estimate of drug-likeness (QED) is 0.494. The minimum Gasteiger partial charge on any atom is -0.151 e. The van der Waals surface area contributed by atoms with Crippen LogP contribution in [0.15, 0.2) is 34.1 Å². The largest absolute Gasteiger partial charge is 0.151 e. The van der Waals surface area contributed by atoms with Gasteiger partial charge in [0.05, 0.1) is 0 Å². The molecule has 0 saturated heterocycles. The van der Waals surface area contributed by atoms with Gasteiger partial charge in [-0.25, -0.2) is 0 Å². The smallest absolute Gasteiger partial charge is 0.122 e. The van der Waals surface area contributed by atoms with E-state index < -0.39 is 14.4 Å². The van der Waals surface area contributed by atoms with Crippen molar-refractivity contribution in [2.24, 2.45) is 0 Å². The van der Waals surface area contributed by atoms with Crippen LogP contribution in [0.1, 0.15) is 41.5 Å². The lowest BCUT2D eigenvalue weighted by Crippen LogP contribution is -2.33. The van der Waals surface area contributed by atoms with Gasteiger partial charge in [0, 0.05) is 9.79 Å². The molecule has 1 aromatic carbocycles. The molecular weight excluding hydrogens is 337 g/mol. The van der Waals surface area contributed by atoms with E-state index in [4.69, 9.17) is 0 Å². The first-order valence-corrected chi connectivity index (χ1v) is 17.2. The molecule has 0 aliphatic carbocycles. The summed E-state index contributed by atoms with van der Waals surface area (Å²) in [5.41, 5.74) is 0. The van der Waals surface area contributed by atoms with Crippen molar-refractivity contribution in [2.75, 3.05) is 0 Å². The standard InChI is InChI=1S/C18H34S2Si2/c1-17(2,3)21(7,8)19-15-11-13-16(14-12-15)20-22(9,10)18(4,5)6/h11-14H,1-10H3. The molecule has 1 aromatic rings. The molecule has 126 valence electrons. The monoisotopic (exact) mass is 370 g/mol. The van der Waals surface area contributed by atoms with Crippen LogP contribution in [-0.4, -0.2) is 14.4 Å². The number of hydrogen-bond acceptors (Lipinski definition) is 2. The van der Waals surface area contributed by atoms with Crippen molar-refractivity contribution in [3.8, 4) is 0 Å². The van der Waals surface area contributed by atoms with Crippen LogP contribution in [0.4, 0.5) is 0 Å². The lowest BCUT2D eigenvalue weighted by Gasteiger charge is -2.36. The highest BCUT2D eigenvalue weighted by Crippen LogP contribution is 2.48. The highest BCUT2D eigenvalue weighted by Gasteiger charge is 2.37. The second kappa shape index (κ2) is 6.69. The van der Waals surface area contributed by atoms with Crippen LogP contribution in [-0.2, 0) is 0 Å². The molecule has 0 unspecified atom stereocenters. The normalized spacial score (nSPS) is 14.3. The molecule has 0 N–H and O–H groups in total. The molecule has 0 aromatic heterocycles. The molecule has 1 rings (SSSR count). The second-order valence-electron chi connectivity index (χ2n) is 9.20. The molecule has 22 heavy (non-hydrogen) atoms. The van der Waals surface area contributed by atoms with Crippen molar-refractivity contribution >= 4 is 36.9 Å². The van der Waals surface area contributed by atoms with Gasteiger partial charge in [-0.2, -0.15) is 22.4 Å². The topological polar surface area (TPSA) is 0 Å². The minimum absolute atomic E-state index is 0.423. The van der Waals surface area contributed by atoms with Gasteiger partial charge in [-0.05, 0) is 34.3 Å². The Morgan fingerprint density at radius 2 is 0.818 bits per heavy atom. The van der Waals surface area contributed by atoms with Crippen molar-refractivity contribution in [1.29, 1.82) is 0 Å². The molecule has 0 nitrogen and oxygen atoms in total. The fourth-order valence-corrected chi connectivity index (χ4v) is 10.00.